The van der Waals surface area contributed by atoms with Crippen molar-refractivity contribution in [1.82, 2.24) is 5.32 Å². The molecule has 0 spiro atoms. The van der Waals surface area contributed by atoms with Gasteiger partial charge >= 0.3 is 0 Å². The van der Waals surface area contributed by atoms with Crippen molar-refractivity contribution in [2.75, 3.05) is 0 Å². The Morgan fingerprint density at radius 2 is 1.76 bits per heavy atom. The lowest BCUT2D eigenvalue weighted by molar-refractivity contribution is 0.00915. The van der Waals surface area contributed by atoms with Crippen LogP contribution in [0.5, 0.6) is 0 Å². The molecule has 17 heavy (non-hydrogen) atoms. The fourth-order valence-electron chi connectivity index (χ4n) is 2.94. The first-order valence-electron chi connectivity index (χ1n) is 6.42. The minimum Gasteiger partial charge on any atom is -0.373 e. The van der Waals surface area contributed by atoms with E-state index in [0.717, 1.165) is 18.4 Å². The van der Waals surface area contributed by atoms with Crippen LogP contribution < -0.4 is 5.32 Å². The molecule has 92 valence electrons. The molecular formula is C14H18FNO. The molecule has 2 fully saturated rings. The van der Waals surface area contributed by atoms with Crippen molar-refractivity contribution < 1.29 is 9.13 Å². The predicted molar refractivity (Wildman–Crippen MR) is 64.2 cm³/mol. The van der Waals surface area contributed by atoms with Gasteiger partial charge in [0.15, 0.2) is 0 Å². The largest absolute Gasteiger partial charge is 0.373 e. The molecule has 0 saturated carbocycles. The summed E-state index contributed by atoms with van der Waals surface area (Å²) >= 11 is 0. The summed E-state index contributed by atoms with van der Waals surface area (Å²) in [6.45, 7) is 0.602. The van der Waals surface area contributed by atoms with Crippen LogP contribution in [-0.2, 0) is 11.3 Å². The third-order valence-electron chi connectivity index (χ3n) is 3.83. The molecule has 2 bridgehead atoms. The van der Waals surface area contributed by atoms with E-state index in [9.17, 15) is 4.39 Å². The van der Waals surface area contributed by atoms with Crippen molar-refractivity contribution in [3.8, 4) is 0 Å². The van der Waals surface area contributed by atoms with E-state index >= 15 is 0 Å². The second-order valence-electron chi connectivity index (χ2n) is 5.17. The van der Waals surface area contributed by atoms with Crippen LogP contribution in [0.3, 0.4) is 0 Å². The topological polar surface area (TPSA) is 21.3 Å². The average molecular weight is 235 g/mol. The van der Waals surface area contributed by atoms with Gasteiger partial charge < -0.3 is 10.1 Å². The quantitative estimate of drug-likeness (QED) is 0.869. The van der Waals surface area contributed by atoms with Crippen molar-refractivity contribution >= 4 is 0 Å². The van der Waals surface area contributed by atoms with E-state index in [0.29, 0.717) is 24.8 Å². The summed E-state index contributed by atoms with van der Waals surface area (Å²) in [5.74, 6) is -0.186. The molecule has 2 aliphatic heterocycles. The SMILES string of the molecule is Fc1ccc(COC2CC3CCC(C2)N3)cc1. The van der Waals surface area contributed by atoms with Gasteiger partial charge in [-0.3, -0.25) is 0 Å². The number of fused-ring (bicyclic) bond motifs is 2. The number of hydrogen-bond acceptors (Lipinski definition) is 2. The average Bonchev–Trinajstić information content (AvgIpc) is 2.68. The van der Waals surface area contributed by atoms with Crippen LogP contribution in [0.4, 0.5) is 4.39 Å². The molecule has 1 aromatic rings. The lowest BCUT2D eigenvalue weighted by Gasteiger charge is -2.29. The van der Waals surface area contributed by atoms with E-state index in [2.05, 4.69) is 5.32 Å². The van der Waals surface area contributed by atoms with Crippen molar-refractivity contribution in [2.45, 2.75) is 50.5 Å². The number of rotatable bonds is 3. The maximum Gasteiger partial charge on any atom is 0.123 e. The minimum atomic E-state index is -0.186. The molecule has 0 radical (unpaired) electrons. The highest BCUT2D eigenvalue weighted by Gasteiger charge is 2.33. The van der Waals surface area contributed by atoms with Crippen LogP contribution in [0.15, 0.2) is 24.3 Å². The van der Waals surface area contributed by atoms with E-state index in [1.807, 2.05) is 0 Å². The van der Waals surface area contributed by atoms with Gasteiger partial charge in [-0.15, -0.1) is 0 Å². The van der Waals surface area contributed by atoms with E-state index < -0.39 is 0 Å². The van der Waals surface area contributed by atoms with Crippen molar-refractivity contribution in [3.05, 3.63) is 35.6 Å². The molecule has 3 rings (SSSR count). The summed E-state index contributed by atoms with van der Waals surface area (Å²) in [7, 11) is 0. The summed E-state index contributed by atoms with van der Waals surface area (Å²) < 4.78 is 18.7. The van der Waals surface area contributed by atoms with Crippen LogP contribution in [0, 0.1) is 5.82 Å². The highest BCUT2D eigenvalue weighted by Crippen LogP contribution is 2.28. The number of nitrogens with one attached hydrogen (secondary N) is 1. The van der Waals surface area contributed by atoms with E-state index in [4.69, 9.17) is 4.74 Å². The lowest BCUT2D eigenvalue weighted by atomic mass is 10.0. The Morgan fingerprint density at radius 3 is 2.41 bits per heavy atom. The Bertz CT molecular complexity index is 366. The molecule has 2 unspecified atom stereocenters. The maximum atomic E-state index is 12.7. The van der Waals surface area contributed by atoms with Gasteiger partial charge in [0.25, 0.3) is 0 Å². The van der Waals surface area contributed by atoms with Gasteiger partial charge in [-0.25, -0.2) is 4.39 Å². The summed E-state index contributed by atoms with van der Waals surface area (Å²) in [5.41, 5.74) is 1.05. The summed E-state index contributed by atoms with van der Waals surface area (Å²) in [6.07, 6.45) is 5.20. The molecule has 0 aliphatic carbocycles. The van der Waals surface area contributed by atoms with E-state index in [1.165, 1.54) is 25.0 Å². The molecule has 2 atom stereocenters. The van der Waals surface area contributed by atoms with Crippen LogP contribution in [0.25, 0.3) is 0 Å². The third-order valence-corrected chi connectivity index (χ3v) is 3.83. The Morgan fingerprint density at radius 1 is 1.12 bits per heavy atom. The molecule has 1 aromatic carbocycles. The second-order valence-corrected chi connectivity index (χ2v) is 5.17. The second kappa shape index (κ2) is 4.75. The van der Waals surface area contributed by atoms with Gasteiger partial charge in [-0.05, 0) is 43.4 Å². The first kappa shape index (κ1) is 11.2. The third kappa shape index (κ3) is 2.67. The van der Waals surface area contributed by atoms with Gasteiger partial charge in [0, 0.05) is 12.1 Å². The van der Waals surface area contributed by atoms with Gasteiger partial charge in [0.1, 0.15) is 5.82 Å². The van der Waals surface area contributed by atoms with Crippen molar-refractivity contribution in [1.29, 1.82) is 0 Å². The van der Waals surface area contributed by atoms with E-state index in [-0.39, 0.29) is 5.82 Å². The smallest absolute Gasteiger partial charge is 0.123 e. The maximum absolute atomic E-state index is 12.7. The van der Waals surface area contributed by atoms with E-state index in [1.54, 1.807) is 12.1 Å². The number of benzene rings is 1. The Balaban J connectivity index is 1.52. The van der Waals surface area contributed by atoms with Crippen LogP contribution in [-0.4, -0.2) is 18.2 Å². The molecule has 2 nitrogen and oxygen atoms in total. The molecule has 1 N–H and O–H groups in total. The molecule has 2 aliphatic rings. The molecular weight excluding hydrogens is 217 g/mol. The zero-order chi connectivity index (χ0) is 11.7. The van der Waals surface area contributed by atoms with Gasteiger partial charge in [-0.1, -0.05) is 12.1 Å². The number of piperidine rings is 1. The summed E-state index contributed by atoms with van der Waals surface area (Å²) in [5, 5.41) is 3.60. The Kier molecular flexibility index (Phi) is 3.12. The van der Waals surface area contributed by atoms with Gasteiger partial charge in [0.05, 0.1) is 12.7 Å². The number of ether oxygens (including phenoxy) is 1. The Labute approximate surface area is 101 Å². The first-order valence-corrected chi connectivity index (χ1v) is 6.42. The van der Waals surface area contributed by atoms with Crippen molar-refractivity contribution in [3.63, 3.8) is 0 Å². The standard InChI is InChI=1S/C14H18FNO/c15-11-3-1-10(2-4-11)9-17-14-7-12-5-6-13(8-14)16-12/h1-4,12-14,16H,5-9H2. The van der Waals surface area contributed by atoms with Gasteiger partial charge in [0.2, 0.25) is 0 Å². The minimum absolute atomic E-state index is 0.186. The predicted octanol–water partition coefficient (Wildman–Crippen LogP) is 2.63. The van der Waals surface area contributed by atoms with Crippen LogP contribution >= 0.6 is 0 Å². The van der Waals surface area contributed by atoms with Gasteiger partial charge in [-0.2, -0.15) is 0 Å². The molecule has 2 saturated heterocycles. The van der Waals surface area contributed by atoms with Crippen LogP contribution in [0.2, 0.25) is 0 Å². The fraction of sp³-hybridized carbons (Fsp3) is 0.571. The van der Waals surface area contributed by atoms with Crippen LogP contribution in [0.1, 0.15) is 31.2 Å². The van der Waals surface area contributed by atoms with Crippen molar-refractivity contribution in [2.24, 2.45) is 0 Å². The zero-order valence-electron chi connectivity index (χ0n) is 9.86. The number of hydrogen-bond donors (Lipinski definition) is 1. The summed E-state index contributed by atoms with van der Waals surface area (Å²) in [6, 6.07) is 7.89. The molecule has 0 aromatic heterocycles. The lowest BCUT2D eigenvalue weighted by Crippen LogP contribution is -2.41. The number of halogens is 1. The summed E-state index contributed by atoms with van der Waals surface area (Å²) in [4.78, 5) is 0. The Hall–Kier alpha value is -0.930. The molecule has 3 heteroatoms. The normalized spacial score (nSPS) is 31.7. The monoisotopic (exact) mass is 235 g/mol. The first-order chi connectivity index (χ1) is 8.29. The highest BCUT2D eigenvalue weighted by atomic mass is 19.1. The molecule has 0 amide bonds. The molecule has 2 heterocycles. The fourth-order valence-corrected chi connectivity index (χ4v) is 2.94. The highest BCUT2D eigenvalue weighted by molar-refractivity contribution is 5.15. The zero-order valence-corrected chi connectivity index (χ0v) is 9.86.